The Bertz CT molecular complexity index is 552. The van der Waals surface area contributed by atoms with Gasteiger partial charge in [-0.2, -0.15) is 0 Å². The molecule has 4 N–H and O–H groups in total. The highest BCUT2D eigenvalue weighted by Crippen LogP contribution is 2.24. The van der Waals surface area contributed by atoms with Crippen molar-refractivity contribution in [1.82, 2.24) is 5.32 Å². The number of aromatic hydroxyl groups is 1. The van der Waals surface area contributed by atoms with Crippen LogP contribution in [-0.2, 0) is 4.74 Å². The molecule has 1 aromatic carbocycles. The first kappa shape index (κ1) is 18.9. The van der Waals surface area contributed by atoms with Crippen molar-refractivity contribution < 1.29 is 29.6 Å². The average Bonchev–Trinajstić information content (AvgIpc) is 2.45. The molecule has 0 saturated heterocycles. The van der Waals surface area contributed by atoms with E-state index in [0.29, 0.717) is 11.8 Å². The zero-order valence-corrected chi connectivity index (χ0v) is 13.4. The number of ether oxygens (including phenoxy) is 1. The molecule has 0 aromatic heterocycles. The topological polar surface area (TPSA) is 116 Å². The van der Waals surface area contributed by atoms with Crippen molar-refractivity contribution in [2.75, 3.05) is 6.54 Å². The van der Waals surface area contributed by atoms with Gasteiger partial charge in [0.25, 0.3) is 0 Å². The molecule has 0 bridgehead atoms. The Morgan fingerprint density at radius 2 is 2.00 bits per heavy atom. The number of rotatable bonds is 6. The number of phenolic OH excluding ortho intramolecular Hbond substituents is 1. The molecule has 1 rings (SSSR count). The number of aliphatic hydroxyl groups excluding tert-OH is 2. The quantitative estimate of drug-likeness (QED) is 0.589. The number of phenols is 1. The summed E-state index contributed by atoms with van der Waals surface area (Å²) < 4.78 is 5.05. The van der Waals surface area contributed by atoms with Crippen molar-refractivity contribution in [3.63, 3.8) is 0 Å². The molecule has 0 saturated carbocycles. The maximum Gasteiger partial charge on any atom is 0.407 e. The van der Waals surface area contributed by atoms with Gasteiger partial charge in [0.05, 0.1) is 11.7 Å². The van der Waals surface area contributed by atoms with Crippen LogP contribution >= 0.6 is 0 Å². The van der Waals surface area contributed by atoms with E-state index in [9.17, 15) is 24.9 Å². The zero-order valence-electron chi connectivity index (χ0n) is 13.4. The number of aliphatic hydroxyl groups is 2. The summed E-state index contributed by atoms with van der Waals surface area (Å²) in [6.45, 7) is 5.33. The van der Waals surface area contributed by atoms with Crippen LogP contribution in [-0.4, -0.2) is 45.9 Å². The van der Waals surface area contributed by atoms with Crippen LogP contribution in [0.5, 0.6) is 5.75 Å². The molecule has 0 aliphatic heterocycles. The third-order valence-electron chi connectivity index (χ3n) is 2.99. The molecule has 0 spiro atoms. The van der Waals surface area contributed by atoms with Gasteiger partial charge in [0.1, 0.15) is 17.5 Å². The van der Waals surface area contributed by atoms with Crippen LogP contribution in [0.3, 0.4) is 0 Å². The lowest BCUT2D eigenvalue weighted by molar-refractivity contribution is 0.0122. The summed E-state index contributed by atoms with van der Waals surface area (Å²) in [4.78, 5) is 22.2. The predicted molar refractivity (Wildman–Crippen MR) is 83.3 cm³/mol. The second kappa shape index (κ2) is 7.94. The van der Waals surface area contributed by atoms with Gasteiger partial charge in [-0.25, -0.2) is 4.79 Å². The van der Waals surface area contributed by atoms with Crippen LogP contribution in [0.1, 0.15) is 49.2 Å². The zero-order chi connectivity index (χ0) is 17.6. The van der Waals surface area contributed by atoms with Gasteiger partial charge in [-0.15, -0.1) is 0 Å². The van der Waals surface area contributed by atoms with Crippen LogP contribution in [0, 0.1) is 0 Å². The maximum atomic E-state index is 11.5. The average molecular weight is 325 g/mol. The number of hydrogen-bond acceptors (Lipinski definition) is 6. The van der Waals surface area contributed by atoms with E-state index in [1.54, 1.807) is 20.8 Å². The third-order valence-corrected chi connectivity index (χ3v) is 2.99. The first-order valence-electron chi connectivity index (χ1n) is 7.25. The van der Waals surface area contributed by atoms with Gasteiger partial charge in [0, 0.05) is 6.54 Å². The Morgan fingerprint density at radius 1 is 1.35 bits per heavy atom. The molecule has 2 unspecified atom stereocenters. The summed E-state index contributed by atoms with van der Waals surface area (Å²) in [5, 5.41) is 31.9. The van der Waals surface area contributed by atoms with E-state index in [1.165, 1.54) is 18.2 Å². The van der Waals surface area contributed by atoms with Crippen molar-refractivity contribution in [1.29, 1.82) is 0 Å². The molecule has 0 aliphatic rings. The van der Waals surface area contributed by atoms with Crippen LogP contribution in [0.25, 0.3) is 0 Å². The molecule has 0 radical (unpaired) electrons. The largest absolute Gasteiger partial charge is 0.507 e. The fraction of sp³-hybridized carbons (Fsp3) is 0.500. The van der Waals surface area contributed by atoms with E-state index >= 15 is 0 Å². The molecule has 0 heterocycles. The lowest BCUT2D eigenvalue weighted by atomic mass is 10.00. The minimum absolute atomic E-state index is 0.0284. The number of benzene rings is 1. The highest BCUT2D eigenvalue weighted by molar-refractivity contribution is 5.79. The molecule has 1 aromatic rings. The van der Waals surface area contributed by atoms with Gasteiger partial charge < -0.3 is 25.4 Å². The Balaban J connectivity index is 2.53. The fourth-order valence-electron chi connectivity index (χ4n) is 1.87. The van der Waals surface area contributed by atoms with Crippen molar-refractivity contribution in [2.24, 2.45) is 0 Å². The van der Waals surface area contributed by atoms with Crippen molar-refractivity contribution >= 4 is 12.4 Å². The number of carbonyl (C=O) groups excluding carboxylic acids is 2. The molecule has 23 heavy (non-hydrogen) atoms. The SMILES string of the molecule is CC(C)(C)OC(=O)NCCC(O)C(O)c1ccc(O)c(C=O)c1. The van der Waals surface area contributed by atoms with Gasteiger partial charge in [-0.05, 0) is 44.9 Å². The van der Waals surface area contributed by atoms with E-state index < -0.39 is 23.9 Å². The van der Waals surface area contributed by atoms with Crippen LogP contribution < -0.4 is 5.32 Å². The van der Waals surface area contributed by atoms with Gasteiger partial charge in [-0.3, -0.25) is 4.79 Å². The molecule has 128 valence electrons. The standard InChI is InChI=1S/C16H23NO6/c1-16(2,3)23-15(22)17-7-6-13(20)14(21)10-4-5-12(19)11(8-10)9-18/h4-5,8-9,13-14,19-21H,6-7H2,1-3H3,(H,17,22). The molecular formula is C16H23NO6. The summed E-state index contributed by atoms with van der Waals surface area (Å²) >= 11 is 0. The molecule has 0 aliphatic carbocycles. The van der Waals surface area contributed by atoms with E-state index in [1.807, 2.05) is 0 Å². The van der Waals surface area contributed by atoms with Crippen molar-refractivity contribution in [3.05, 3.63) is 29.3 Å². The number of alkyl carbamates (subject to hydrolysis) is 1. The minimum atomic E-state index is -1.24. The predicted octanol–water partition coefficient (Wildman–Crippen LogP) is 1.51. The smallest absolute Gasteiger partial charge is 0.407 e. The van der Waals surface area contributed by atoms with Crippen molar-refractivity contribution in [3.8, 4) is 5.75 Å². The molecule has 7 heteroatoms. The first-order valence-corrected chi connectivity index (χ1v) is 7.25. The highest BCUT2D eigenvalue weighted by atomic mass is 16.6. The molecule has 7 nitrogen and oxygen atoms in total. The van der Waals surface area contributed by atoms with Gasteiger partial charge in [-0.1, -0.05) is 6.07 Å². The number of carbonyl (C=O) groups is 2. The second-order valence-electron chi connectivity index (χ2n) is 6.17. The molecule has 1 amide bonds. The van der Waals surface area contributed by atoms with E-state index in [4.69, 9.17) is 4.74 Å². The summed E-state index contributed by atoms with van der Waals surface area (Å²) in [5.74, 6) is -0.197. The number of hydrogen-bond donors (Lipinski definition) is 4. The monoisotopic (exact) mass is 325 g/mol. The lowest BCUT2D eigenvalue weighted by Gasteiger charge is -2.21. The normalized spacial score (nSPS) is 14.0. The Morgan fingerprint density at radius 3 is 2.57 bits per heavy atom. The summed E-state index contributed by atoms with van der Waals surface area (Å²) in [6.07, 6.45) is -2.43. The minimum Gasteiger partial charge on any atom is -0.507 e. The van der Waals surface area contributed by atoms with Crippen LogP contribution in [0.2, 0.25) is 0 Å². The summed E-state index contributed by atoms with van der Waals surface area (Å²) in [5.41, 5.74) is -0.283. The Hall–Kier alpha value is -2.12. The Kier molecular flexibility index (Phi) is 6.53. The molecule has 2 atom stereocenters. The summed E-state index contributed by atoms with van der Waals surface area (Å²) in [7, 11) is 0. The highest BCUT2D eigenvalue weighted by Gasteiger charge is 2.20. The molecule has 0 fully saturated rings. The van der Waals surface area contributed by atoms with E-state index in [-0.39, 0.29) is 24.3 Å². The van der Waals surface area contributed by atoms with E-state index in [0.717, 1.165) is 0 Å². The van der Waals surface area contributed by atoms with Gasteiger partial charge in [0.2, 0.25) is 0 Å². The second-order valence-corrected chi connectivity index (χ2v) is 6.17. The number of nitrogens with one attached hydrogen (secondary N) is 1. The van der Waals surface area contributed by atoms with Crippen molar-refractivity contribution in [2.45, 2.75) is 45.0 Å². The van der Waals surface area contributed by atoms with Crippen LogP contribution in [0.4, 0.5) is 4.79 Å². The number of amides is 1. The first-order chi connectivity index (χ1) is 10.6. The van der Waals surface area contributed by atoms with Gasteiger partial charge in [0.15, 0.2) is 6.29 Å². The fourth-order valence-corrected chi connectivity index (χ4v) is 1.87. The third kappa shape index (κ3) is 6.25. The lowest BCUT2D eigenvalue weighted by Crippen LogP contribution is -2.34. The Labute approximate surface area is 134 Å². The number of aldehydes is 1. The maximum absolute atomic E-state index is 11.5. The van der Waals surface area contributed by atoms with E-state index in [2.05, 4.69) is 5.32 Å². The van der Waals surface area contributed by atoms with Gasteiger partial charge >= 0.3 is 6.09 Å². The summed E-state index contributed by atoms with van der Waals surface area (Å²) in [6, 6.07) is 3.99. The van der Waals surface area contributed by atoms with Crippen LogP contribution in [0.15, 0.2) is 18.2 Å². The molecular weight excluding hydrogens is 302 g/mol.